The van der Waals surface area contributed by atoms with E-state index < -0.39 is 0 Å². The summed E-state index contributed by atoms with van der Waals surface area (Å²) in [4.78, 5) is 2.01. The Hall–Kier alpha value is -0.770. The SMILES string of the molecule is CCCNCc1ccc(N(C)C(C)(C)CO)c(Cl)c1. The molecule has 0 saturated heterocycles. The zero-order valence-corrected chi connectivity index (χ0v) is 13.1. The second kappa shape index (κ2) is 7.13. The molecule has 0 heterocycles. The molecule has 0 aliphatic heterocycles. The van der Waals surface area contributed by atoms with Gasteiger partial charge in [0.25, 0.3) is 0 Å². The van der Waals surface area contributed by atoms with Crippen LogP contribution in [0.2, 0.25) is 5.02 Å². The van der Waals surface area contributed by atoms with E-state index in [0.717, 1.165) is 30.2 Å². The van der Waals surface area contributed by atoms with E-state index in [1.807, 2.05) is 37.9 Å². The van der Waals surface area contributed by atoms with Gasteiger partial charge in [0.1, 0.15) is 0 Å². The largest absolute Gasteiger partial charge is 0.394 e. The number of benzene rings is 1. The Kier molecular flexibility index (Phi) is 6.11. The number of rotatable bonds is 7. The highest BCUT2D eigenvalue weighted by molar-refractivity contribution is 6.33. The molecule has 1 aromatic rings. The lowest BCUT2D eigenvalue weighted by Gasteiger charge is -2.36. The van der Waals surface area contributed by atoms with E-state index in [0.29, 0.717) is 0 Å². The van der Waals surface area contributed by atoms with E-state index in [4.69, 9.17) is 11.6 Å². The highest BCUT2D eigenvalue weighted by atomic mass is 35.5. The van der Waals surface area contributed by atoms with Crippen molar-refractivity contribution in [1.82, 2.24) is 5.32 Å². The fraction of sp³-hybridized carbons (Fsp3) is 0.600. The molecule has 0 atom stereocenters. The molecule has 0 bridgehead atoms. The summed E-state index contributed by atoms with van der Waals surface area (Å²) in [7, 11) is 1.95. The first-order chi connectivity index (χ1) is 8.92. The maximum absolute atomic E-state index is 9.42. The monoisotopic (exact) mass is 284 g/mol. The third-order valence-electron chi connectivity index (χ3n) is 3.42. The van der Waals surface area contributed by atoms with Crippen molar-refractivity contribution in [2.24, 2.45) is 0 Å². The molecule has 0 aromatic heterocycles. The van der Waals surface area contributed by atoms with Crippen LogP contribution in [0.5, 0.6) is 0 Å². The Balaban J connectivity index is 2.82. The van der Waals surface area contributed by atoms with Crippen LogP contribution in [0.1, 0.15) is 32.8 Å². The molecule has 0 saturated carbocycles. The summed E-state index contributed by atoms with van der Waals surface area (Å²) in [5, 5.41) is 13.5. The maximum atomic E-state index is 9.42. The van der Waals surface area contributed by atoms with Gasteiger partial charge in [0.15, 0.2) is 0 Å². The molecule has 0 fully saturated rings. The van der Waals surface area contributed by atoms with Crippen molar-refractivity contribution in [3.8, 4) is 0 Å². The standard InChI is InChI=1S/C15H25ClN2O/c1-5-8-17-10-12-6-7-14(13(16)9-12)18(4)15(2,3)11-19/h6-7,9,17,19H,5,8,10-11H2,1-4H3. The van der Waals surface area contributed by atoms with Crippen molar-refractivity contribution < 1.29 is 5.11 Å². The zero-order valence-electron chi connectivity index (χ0n) is 12.3. The van der Waals surface area contributed by atoms with Crippen LogP contribution < -0.4 is 10.2 Å². The Morgan fingerprint density at radius 1 is 1.37 bits per heavy atom. The van der Waals surface area contributed by atoms with Crippen LogP contribution in [0.4, 0.5) is 5.69 Å². The number of likely N-dealkylation sites (N-methyl/N-ethyl adjacent to an activating group) is 1. The minimum Gasteiger partial charge on any atom is -0.394 e. The fourth-order valence-corrected chi connectivity index (χ4v) is 2.10. The summed E-state index contributed by atoms with van der Waals surface area (Å²) < 4.78 is 0. The molecule has 0 unspecified atom stereocenters. The highest BCUT2D eigenvalue weighted by Crippen LogP contribution is 2.30. The summed E-state index contributed by atoms with van der Waals surface area (Å²) >= 11 is 6.35. The van der Waals surface area contributed by atoms with Crippen LogP contribution in [0, 0.1) is 0 Å². The minimum atomic E-state index is -0.328. The van der Waals surface area contributed by atoms with Crippen molar-refractivity contribution >= 4 is 17.3 Å². The first-order valence-corrected chi connectivity index (χ1v) is 7.14. The van der Waals surface area contributed by atoms with Gasteiger partial charge in [-0.3, -0.25) is 0 Å². The zero-order chi connectivity index (χ0) is 14.5. The number of aliphatic hydroxyl groups excluding tert-OH is 1. The van der Waals surface area contributed by atoms with E-state index >= 15 is 0 Å². The topological polar surface area (TPSA) is 35.5 Å². The Labute approximate surface area is 121 Å². The summed E-state index contributed by atoms with van der Waals surface area (Å²) in [6.07, 6.45) is 1.12. The van der Waals surface area contributed by atoms with Crippen molar-refractivity contribution in [1.29, 1.82) is 0 Å². The van der Waals surface area contributed by atoms with E-state index in [9.17, 15) is 5.11 Å². The molecule has 0 radical (unpaired) electrons. The van der Waals surface area contributed by atoms with Gasteiger partial charge in [0.2, 0.25) is 0 Å². The van der Waals surface area contributed by atoms with Crippen LogP contribution in [0.25, 0.3) is 0 Å². The van der Waals surface area contributed by atoms with Gasteiger partial charge < -0.3 is 15.3 Å². The van der Waals surface area contributed by atoms with E-state index in [1.54, 1.807) is 0 Å². The molecule has 1 rings (SSSR count). The Bertz CT molecular complexity index is 407. The second-order valence-electron chi connectivity index (χ2n) is 5.49. The third-order valence-corrected chi connectivity index (χ3v) is 3.73. The molecule has 2 N–H and O–H groups in total. The average Bonchev–Trinajstić information content (AvgIpc) is 2.38. The number of nitrogens with one attached hydrogen (secondary N) is 1. The third kappa shape index (κ3) is 4.37. The van der Waals surface area contributed by atoms with Crippen LogP contribution >= 0.6 is 11.6 Å². The lowest BCUT2D eigenvalue weighted by molar-refractivity contribution is 0.216. The van der Waals surface area contributed by atoms with E-state index in [-0.39, 0.29) is 12.1 Å². The van der Waals surface area contributed by atoms with E-state index in [1.165, 1.54) is 5.56 Å². The summed E-state index contributed by atoms with van der Waals surface area (Å²) in [5.74, 6) is 0. The molecule has 0 amide bonds. The maximum Gasteiger partial charge on any atom is 0.0658 e. The van der Waals surface area contributed by atoms with Gasteiger partial charge in [0, 0.05) is 13.6 Å². The Morgan fingerprint density at radius 3 is 2.58 bits per heavy atom. The van der Waals surface area contributed by atoms with Gasteiger partial charge in [0.05, 0.1) is 22.9 Å². The van der Waals surface area contributed by atoms with Gasteiger partial charge in [-0.15, -0.1) is 0 Å². The van der Waals surface area contributed by atoms with Crippen LogP contribution in [0.3, 0.4) is 0 Å². The molecule has 19 heavy (non-hydrogen) atoms. The predicted octanol–water partition coefficient (Wildman–Crippen LogP) is 3.05. The summed E-state index contributed by atoms with van der Waals surface area (Å²) in [6.45, 7) is 8.05. The number of nitrogens with zero attached hydrogens (tertiary/aromatic N) is 1. The highest BCUT2D eigenvalue weighted by Gasteiger charge is 2.24. The Morgan fingerprint density at radius 2 is 2.05 bits per heavy atom. The van der Waals surface area contributed by atoms with Gasteiger partial charge in [-0.1, -0.05) is 24.6 Å². The van der Waals surface area contributed by atoms with Gasteiger partial charge in [-0.25, -0.2) is 0 Å². The number of anilines is 1. The lowest BCUT2D eigenvalue weighted by Crippen LogP contribution is -2.44. The predicted molar refractivity (Wildman–Crippen MR) is 83.0 cm³/mol. The molecular formula is C15H25ClN2O. The second-order valence-corrected chi connectivity index (χ2v) is 5.90. The van der Waals surface area contributed by atoms with Gasteiger partial charge in [-0.05, 0) is 44.5 Å². The van der Waals surface area contributed by atoms with E-state index in [2.05, 4.69) is 18.3 Å². The number of halogens is 1. The lowest BCUT2D eigenvalue weighted by atomic mass is 10.0. The van der Waals surface area contributed by atoms with Crippen molar-refractivity contribution in [3.63, 3.8) is 0 Å². The summed E-state index contributed by atoms with van der Waals surface area (Å²) in [6, 6.07) is 6.08. The number of hydrogen-bond acceptors (Lipinski definition) is 3. The normalized spacial score (nSPS) is 11.7. The molecular weight excluding hydrogens is 260 g/mol. The number of hydrogen-bond donors (Lipinski definition) is 2. The molecule has 0 spiro atoms. The van der Waals surface area contributed by atoms with Crippen LogP contribution in [-0.2, 0) is 6.54 Å². The first-order valence-electron chi connectivity index (χ1n) is 6.76. The molecule has 3 nitrogen and oxygen atoms in total. The number of aliphatic hydroxyl groups is 1. The molecule has 4 heteroatoms. The molecule has 0 aliphatic carbocycles. The average molecular weight is 285 g/mol. The van der Waals surface area contributed by atoms with Crippen LogP contribution in [-0.4, -0.2) is 30.8 Å². The van der Waals surface area contributed by atoms with Crippen molar-refractivity contribution in [2.45, 2.75) is 39.3 Å². The van der Waals surface area contributed by atoms with Crippen molar-refractivity contribution in [3.05, 3.63) is 28.8 Å². The fourth-order valence-electron chi connectivity index (χ4n) is 1.77. The minimum absolute atomic E-state index is 0.0830. The first kappa shape index (κ1) is 16.3. The van der Waals surface area contributed by atoms with Gasteiger partial charge in [-0.2, -0.15) is 0 Å². The molecule has 1 aromatic carbocycles. The molecule has 0 aliphatic rings. The van der Waals surface area contributed by atoms with Crippen LogP contribution in [0.15, 0.2) is 18.2 Å². The molecule has 108 valence electrons. The summed E-state index contributed by atoms with van der Waals surface area (Å²) in [5.41, 5.74) is 1.79. The quantitative estimate of drug-likeness (QED) is 0.756. The smallest absolute Gasteiger partial charge is 0.0658 e. The van der Waals surface area contributed by atoms with Gasteiger partial charge >= 0.3 is 0 Å². The van der Waals surface area contributed by atoms with Crippen molar-refractivity contribution in [2.75, 3.05) is 25.1 Å².